The molecule has 3 unspecified atom stereocenters. The summed E-state index contributed by atoms with van der Waals surface area (Å²) in [6.45, 7) is 4.72. The fraction of sp³-hybridized carbons (Fsp3) is 0.276. The highest BCUT2D eigenvalue weighted by Gasteiger charge is 2.52. The normalized spacial score (nSPS) is 21.4. The van der Waals surface area contributed by atoms with Crippen LogP contribution in [0.15, 0.2) is 176 Å². The van der Waals surface area contributed by atoms with Gasteiger partial charge in [0.1, 0.15) is 0 Å². The summed E-state index contributed by atoms with van der Waals surface area (Å²) in [4.78, 5) is 4.88. The monoisotopic (exact) mass is 780 g/mol. The van der Waals surface area contributed by atoms with E-state index in [1.54, 1.807) is 0 Å². The number of nitrogens with zero attached hydrogens (tertiary/aromatic N) is 2. The van der Waals surface area contributed by atoms with Gasteiger partial charge in [-0.05, 0) is 162 Å². The van der Waals surface area contributed by atoms with Gasteiger partial charge in [-0.15, -0.1) is 0 Å². The Bertz CT molecular complexity index is 2600. The third kappa shape index (κ3) is 6.21. The van der Waals surface area contributed by atoms with Crippen molar-refractivity contribution in [2.45, 2.75) is 88.4 Å². The van der Waals surface area contributed by atoms with Crippen LogP contribution in [0.4, 0.5) is 34.1 Å². The summed E-state index contributed by atoms with van der Waals surface area (Å²) in [6.07, 6.45) is 12.0. The minimum atomic E-state index is -0.0174. The largest absolute Gasteiger partial charge is 0.311 e. The Kier molecular flexibility index (Phi) is 9.29. The summed E-state index contributed by atoms with van der Waals surface area (Å²) in [5.41, 5.74) is 17.1. The molecule has 0 N–H and O–H groups in total. The lowest BCUT2D eigenvalue weighted by atomic mass is 9.64. The topological polar surface area (TPSA) is 6.48 Å². The molecule has 3 fully saturated rings. The molecule has 0 aromatic heterocycles. The molecule has 7 aromatic rings. The van der Waals surface area contributed by atoms with Crippen LogP contribution in [0.3, 0.4) is 0 Å². The van der Waals surface area contributed by atoms with Gasteiger partial charge >= 0.3 is 0 Å². The zero-order chi connectivity index (χ0) is 40.3. The first-order chi connectivity index (χ1) is 29.5. The van der Waals surface area contributed by atoms with E-state index in [0.717, 1.165) is 5.92 Å². The first-order valence-corrected chi connectivity index (χ1v) is 22.7. The molecule has 2 nitrogen and oxygen atoms in total. The quantitative estimate of drug-likeness (QED) is 0.144. The molecule has 4 aliphatic carbocycles. The van der Waals surface area contributed by atoms with E-state index in [2.05, 4.69) is 200 Å². The number of rotatable bonds is 9. The molecule has 11 rings (SSSR count). The molecule has 0 heterocycles. The minimum absolute atomic E-state index is 0.0135. The van der Waals surface area contributed by atoms with Crippen molar-refractivity contribution in [3.05, 3.63) is 204 Å². The van der Waals surface area contributed by atoms with Crippen molar-refractivity contribution in [1.29, 1.82) is 0 Å². The third-order valence-corrected chi connectivity index (χ3v) is 15.2. The van der Waals surface area contributed by atoms with E-state index < -0.39 is 0 Å². The number of hydrogen-bond acceptors (Lipinski definition) is 2. The maximum atomic E-state index is 2.47. The second kappa shape index (κ2) is 15.0. The summed E-state index contributed by atoms with van der Waals surface area (Å²) >= 11 is 0. The van der Waals surface area contributed by atoms with Gasteiger partial charge in [0.15, 0.2) is 0 Å². The zero-order valence-electron chi connectivity index (χ0n) is 35.2. The van der Waals surface area contributed by atoms with Gasteiger partial charge in [0.05, 0.1) is 0 Å². The number of para-hydroxylation sites is 2. The van der Waals surface area contributed by atoms with Crippen molar-refractivity contribution in [3.63, 3.8) is 0 Å². The van der Waals surface area contributed by atoms with E-state index in [1.165, 1.54) is 131 Å². The smallest absolute Gasteiger partial charge is 0.0468 e. The van der Waals surface area contributed by atoms with Gasteiger partial charge in [0.25, 0.3) is 0 Å². The molecule has 2 heteroatoms. The summed E-state index contributed by atoms with van der Waals surface area (Å²) in [5, 5.41) is 0. The van der Waals surface area contributed by atoms with Gasteiger partial charge in [-0.1, -0.05) is 143 Å². The second-order valence-electron chi connectivity index (χ2n) is 18.8. The summed E-state index contributed by atoms with van der Waals surface area (Å²) in [6, 6.07) is 66.8. The number of hydrogen-bond donors (Lipinski definition) is 0. The van der Waals surface area contributed by atoms with Crippen LogP contribution in [0.5, 0.6) is 0 Å². The van der Waals surface area contributed by atoms with Crippen LogP contribution in [0.25, 0.3) is 11.1 Å². The second-order valence-corrected chi connectivity index (χ2v) is 18.8. The Balaban J connectivity index is 0.947. The average molecular weight is 781 g/mol. The maximum absolute atomic E-state index is 2.47. The van der Waals surface area contributed by atoms with Crippen LogP contribution in [0.2, 0.25) is 0 Å². The summed E-state index contributed by atoms with van der Waals surface area (Å²) in [7, 11) is 0. The lowest BCUT2D eigenvalue weighted by Gasteiger charge is -2.40. The van der Waals surface area contributed by atoms with Crippen LogP contribution in [0, 0.1) is 11.8 Å². The lowest BCUT2D eigenvalue weighted by Crippen LogP contribution is -2.34. The molecule has 60 heavy (non-hydrogen) atoms. The van der Waals surface area contributed by atoms with E-state index in [4.69, 9.17) is 0 Å². The van der Waals surface area contributed by atoms with Crippen LogP contribution >= 0.6 is 0 Å². The third-order valence-electron chi connectivity index (χ3n) is 15.2. The van der Waals surface area contributed by atoms with Gasteiger partial charge < -0.3 is 9.80 Å². The fourth-order valence-corrected chi connectivity index (χ4v) is 12.2. The SMILES string of the molecule is CC1(C)c2ccccc2-c2cc(N(c3ccccc3)c3ccc(C4(c5ccc(N(c6ccccc6)c6ccc(C7CCCCC7)cc6)cc5)CC5CCC4C5)cc3)ccc21. The van der Waals surface area contributed by atoms with Crippen molar-refractivity contribution in [2.24, 2.45) is 11.8 Å². The average Bonchev–Trinajstić information content (AvgIpc) is 4.00. The van der Waals surface area contributed by atoms with Crippen molar-refractivity contribution in [1.82, 2.24) is 0 Å². The van der Waals surface area contributed by atoms with Crippen molar-refractivity contribution in [3.8, 4) is 11.1 Å². The molecule has 2 bridgehead atoms. The number of fused-ring (bicyclic) bond motifs is 5. The van der Waals surface area contributed by atoms with Crippen LogP contribution in [0.1, 0.15) is 105 Å². The van der Waals surface area contributed by atoms with Crippen LogP contribution < -0.4 is 9.80 Å². The van der Waals surface area contributed by atoms with E-state index in [-0.39, 0.29) is 10.8 Å². The van der Waals surface area contributed by atoms with E-state index in [9.17, 15) is 0 Å². The Morgan fingerprint density at radius 1 is 0.433 bits per heavy atom. The molecule has 0 saturated heterocycles. The van der Waals surface area contributed by atoms with Gasteiger partial charge in [0, 0.05) is 45.0 Å². The molecule has 0 amide bonds. The maximum Gasteiger partial charge on any atom is 0.0468 e. The standard InChI is InChI=1S/C58H56N2/c1-57(2)55-21-13-12-20-53(55)54-39-52(36-37-56(54)57)60(48-18-10-5-11-19-48)51-34-28-45(29-35-51)58(40-41-22-25-46(58)38-41)44-26-32-50(33-27-44)59(47-16-8-4-9-17-47)49-30-23-43(24-31-49)42-14-6-3-7-15-42/h4-5,8-13,16-21,23-24,26-37,39,41-42,46H,3,6-7,14-15,22,25,38,40H2,1-2H3. The Labute approximate surface area is 357 Å². The summed E-state index contributed by atoms with van der Waals surface area (Å²) in [5.74, 6) is 2.15. The lowest BCUT2D eigenvalue weighted by molar-refractivity contribution is 0.320. The van der Waals surface area contributed by atoms with Crippen molar-refractivity contribution < 1.29 is 0 Å². The van der Waals surface area contributed by atoms with Crippen molar-refractivity contribution in [2.75, 3.05) is 9.80 Å². The molecule has 4 aliphatic rings. The highest BCUT2D eigenvalue weighted by Crippen LogP contribution is 2.60. The first-order valence-electron chi connectivity index (χ1n) is 22.7. The predicted molar refractivity (Wildman–Crippen MR) is 252 cm³/mol. The highest BCUT2D eigenvalue weighted by atomic mass is 15.1. The molecular weight excluding hydrogens is 725 g/mol. The Morgan fingerprint density at radius 2 is 0.933 bits per heavy atom. The molecule has 3 atom stereocenters. The Hall–Kier alpha value is -5.86. The van der Waals surface area contributed by atoms with Gasteiger partial charge in [-0.25, -0.2) is 0 Å². The molecule has 0 radical (unpaired) electrons. The molecule has 298 valence electrons. The first kappa shape index (κ1) is 37.2. The van der Waals surface area contributed by atoms with Gasteiger partial charge in [0.2, 0.25) is 0 Å². The Morgan fingerprint density at radius 3 is 1.50 bits per heavy atom. The van der Waals surface area contributed by atoms with Gasteiger partial charge in [-0.3, -0.25) is 0 Å². The fourth-order valence-electron chi connectivity index (χ4n) is 12.2. The minimum Gasteiger partial charge on any atom is -0.311 e. The van der Waals surface area contributed by atoms with E-state index in [0.29, 0.717) is 11.8 Å². The van der Waals surface area contributed by atoms with Gasteiger partial charge in [-0.2, -0.15) is 0 Å². The number of anilines is 6. The molecule has 0 spiro atoms. The summed E-state index contributed by atoms with van der Waals surface area (Å²) < 4.78 is 0. The number of benzene rings is 7. The molecular formula is C58H56N2. The predicted octanol–water partition coefficient (Wildman–Crippen LogP) is 16.1. The van der Waals surface area contributed by atoms with Crippen LogP contribution in [-0.2, 0) is 10.8 Å². The van der Waals surface area contributed by atoms with E-state index >= 15 is 0 Å². The molecule has 0 aliphatic heterocycles. The van der Waals surface area contributed by atoms with Crippen molar-refractivity contribution >= 4 is 34.1 Å². The zero-order valence-corrected chi connectivity index (χ0v) is 35.2. The highest BCUT2D eigenvalue weighted by molar-refractivity contribution is 5.86. The van der Waals surface area contributed by atoms with Crippen LogP contribution in [-0.4, -0.2) is 0 Å². The molecule has 7 aromatic carbocycles. The van der Waals surface area contributed by atoms with E-state index in [1.807, 2.05) is 0 Å². The molecule has 3 saturated carbocycles.